The second-order valence-corrected chi connectivity index (χ2v) is 12.0. The zero-order valence-corrected chi connectivity index (χ0v) is 23.3. The third-order valence-electron chi connectivity index (χ3n) is 10.2. The van der Waals surface area contributed by atoms with Crippen molar-refractivity contribution in [1.29, 1.82) is 0 Å². The van der Waals surface area contributed by atoms with Gasteiger partial charge in [-0.2, -0.15) is 0 Å². The molecule has 0 aromatic carbocycles. The predicted octanol–water partition coefficient (Wildman–Crippen LogP) is 2.50. The van der Waals surface area contributed by atoms with Crippen molar-refractivity contribution >= 4 is 18.0 Å². The summed E-state index contributed by atoms with van der Waals surface area (Å²) in [5.41, 5.74) is -1.83. The smallest absolute Gasteiger partial charge is 0.416 e. The van der Waals surface area contributed by atoms with E-state index in [4.69, 9.17) is 19.7 Å². The van der Waals surface area contributed by atoms with Crippen LogP contribution in [-0.4, -0.2) is 89.9 Å². The lowest BCUT2D eigenvalue weighted by atomic mass is 9.44. The first-order valence-electron chi connectivity index (χ1n) is 13.8. The van der Waals surface area contributed by atoms with E-state index < -0.39 is 35.2 Å². The minimum absolute atomic E-state index is 0.0466. The Balaban J connectivity index is 1.80. The highest BCUT2D eigenvalue weighted by Crippen LogP contribution is 2.67. The van der Waals surface area contributed by atoms with Gasteiger partial charge in [0.1, 0.15) is 18.5 Å². The quantitative estimate of drug-likeness (QED) is 0.325. The van der Waals surface area contributed by atoms with Crippen molar-refractivity contribution in [3.8, 4) is 0 Å². The molecule has 3 aliphatic carbocycles. The van der Waals surface area contributed by atoms with Gasteiger partial charge >= 0.3 is 12.2 Å². The lowest BCUT2D eigenvalue weighted by Gasteiger charge is -2.61. The Morgan fingerprint density at radius 1 is 1.13 bits per heavy atom. The first-order valence-corrected chi connectivity index (χ1v) is 13.8. The number of aliphatic hydroxyl groups excluding tert-OH is 3. The van der Waals surface area contributed by atoms with Crippen LogP contribution in [0.25, 0.3) is 0 Å². The van der Waals surface area contributed by atoms with Gasteiger partial charge in [0.05, 0.1) is 19.3 Å². The maximum absolute atomic E-state index is 13.4. The Labute approximate surface area is 225 Å². The van der Waals surface area contributed by atoms with Gasteiger partial charge in [-0.15, -0.1) is 6.58 Å². The first kappa shape index (κ1) is 30.5. The van der Waals surface area contributed by atoms with Crippen molar-refractivity contribution in [2.75, 3.05) is 39.5 Å². The molecule has 0 saturated heterocycles. The minimum atomic E-state index is -0.970. The highest BCUT2D eigenvalue weighted by atomic mass is 16.6. The third kappa shape index (κ3) is 5.50. The molecule has 1 unspecified atom stereocenters. The van der Waals surface area contributed by atoms with Crippen molar-refractivity contribution in [2.24, 2.45) is 34.0 Å². The number of rotatable bonds is 9. The molecule has 0 heterocycles. The molecule has 3 fully saturated rings. The van der Waals surface area contributed by atoms with Crippen molar-refractivity contribution in [3.05, 3.63) is 12.7 Å². The van der Waals surface area contributed by atoms with Gasteiger partial charge in [0.2, 0.25) is 0 Å². The molecule has 2 amide bonds. The number of amides is 2. The lowest BCUT2D eigenvalue weighted by molar-refractivity contribution is -0.191. The summed E-state index contributed by atoms with van der Waals surface area (Å²) in [5, 5.41) is 31.9. The van der Waals surface area contributed by atoms with E-state index in [1.165, 1.54) is 0 Å². The summed E-state index contributed by atoms with van der Waals surface area (Å²) in [7, 11) is 0. The fourth-order valence-corrected chi connectivity index (χ4v) is 7.67. The van der Waals surface area contributed by atoms with E-state index >= 15 is 0 Å². The number of Topliss-reactive ketones (excluding diaryl/α,β-unsaturated/α-hetero) is 1. The van der Waals surface area contributed by atoms with Gasteiger partial charge in [0.25, 0.3) is 0 Å². The van der Waals surface area contributed by atoms with E-state index in [9.17, 15) is 19.5 Å². The van der Waals surface area contributed by atoms with Crippen LogP contribution in [0.15, 0.2) is 12.7 Å². The van der Waals surface area contributed by atoms with Crippen LogP contribution in [0.4, 0.5) is 9.59 Å². The van der Waals surface area contributed by atoms with Gasteiger partial charge in [-0.05, 0) is 42.9 Å². The molecule has 0 aromatic heterocycles. The van der Waals surface area contributed by atoms with Gasteiger partial charge in [-0.25, -0.2) is 14.9 Å². The number of hydrogen-bond donors (Lipinski definition) is 4. The van der Waals surface area contributed by atoms with Crippen molar-refractivity contribution in [1.82, 2.24) is 10.2 Å². The lowest BCUT2D eigenvalue weighted by Crippen LogP contribution is -2.63. The monoisotopic (exact) mass is 538 g/mol. The van der Waals surface area contributed by atoms with Crippen LogP contribution in [-0.2, 0) is 14.3 Å². The summed E-state index contributed by atoms with van der Waals surface area (Å²) in [4.78, 5) is 40.4. The van der Waals surface area contributed by atoms with Crippen LogP contribution in [0.5, 0.6) is 0 Å². The molecule has 10 heteroatoms. The Kier molecular flexibility index (Phi) is 9.66. The number of hydrogen-bond acceptors (Lipinski definition) is 9. The zero-order valence-electron chi connectivity index (χ0n) is 23.3. The molecule has 216 valence electrons. The summed E-state index contributed by atoms with van der Waals surface area (Å²) in [5.74, 6) is -0.252. The van der Waals surface area contributed by atoms with Gasteiger partial charge in [-0.1, -0.05) is 33.8 Å². The number of aliphatic hydroxyl groups is 3. The molecule has 8 atom stereocenters. The number of carbonyl (C=O) groups excluding carboxylic acids is 3. The van der Waals surface area contributed by atoms with Crippen LogP contribution < -0.4 is 5.32 Å². The normalized spacial score (nSPS) is 38.6. The van der Waals surface area contributed by atoms with Crippen LogP contribution in [0.3, 0.4) is 0 Å². The van der Waals surface area contributed by atoms with E-state index in [0.29, 0.717) is 25.9 Å². The Morgan fingerprint density at radius 2 is 1.79 bits per heavy atom. The maximum Gasteiger partial charge on any atom is 0.416 e. The topological polar surface area (TPSA) is 146 Å². The molecule has 10 nitrogen and oxygen atoms in total. The van der Waals surface area contributed by atoms with Crippen molar-refractivity contribution < 1.29 is 39.2 Å². The van der Waals surface area contributed by atoms with E-state index in [-0.39, 0.29) is 61.7 Å². The molecule has 38 heavy (non-hydrogen) atoms. The van der Waals surface area contributed by atoms with Crippen LogP contribution in [0, 0.1) is 34.0 Å². The van der Waals surface area contributed by atoms with E-state index in [1.54, 1.807) is 11.0 Å². The number of ketones is 1. The van der Waals surface area contributed by atoms with E-state index in [0.717, 1.165) is 12.8 Å². The predicted molar refractivity (Wildman–Crippen MR) is 140 cm³/mol. The zero-order chi connectivity index (χ0) is 28.3. The SMILES string of the molecule is C=C[C@]1(C)C[C@@H](OC(=O)NC(=O)OCCN(CCO)CCO)[C@@]2(C)C(C)CC[C@]3(CCC(=O)[C@H]32)[C@@H](C)[C@@H]1O. The van der Waals surface area contributed by atoms with Gasteiger partial charge in [0, 0.05) is 42.8 Å². The second-order valence-electron chi connectivity index (χ2n) is 12.0. The molecule has 3 saturated carbocycles. The fraction of sp³-hybridized carbons (Fsp3) is 0.821. The molecule has 4 N–H and O–H groups in total. The summed E-state index contributed by atoms with van der Waals surface area (Å²) in [6.07, 6.45) is 1.38. The van der Waals surface area contributed by atoms with Gasteiger partial charge in [-0.3, -0.25) is 9.69 Å². The molecular formula is C28H46N2O8. The van der Waals surface area contributed by atoms with Gasteiger partial charge in [0.15, 0.2) is 0 Å². The summed E-state index contributed by atoms with van der Waals surface area (Å²) in [6.45, 7) is 12.7. The molecular weight excluding hydrogens is 492 g/mol. The van der Waals surface area contributed by atoms with E-state index in [1.807, 2.05) is 20.8 Å². The van der Waals surface area contributed by atoms with Crippen LogP contribution >= 0.6 is 0 Å². The highest BCUT2D eigenvalue weighted by Gasteiger charge is 2.68. The Hall–Kier alpha value is -2.01. The highest BCUT2D eigenvalue weighted by molar-refractivity contribution is 5.88. The van der Waals surface area contributed by atoms with Gasteiger partial charge < -0.3 is 24.8 Å². The average Bonchev–Trinajstić information content (AvgIpc) is 3.22. The largest absolute Gasteiger partial charge is 0.448 e. The third-order valence-corrected chi connectivity index (χ3v) is 10.2. The Bertz CT molecular complexity index is 892. The summed E-state index contributed by atoms with van der Waals surface area (Å²) >= 11 is 0. The molecule has 0 aromatic rings. The number of nitrogens with one attached hydrogen (secondary N) is 1. The first-order chi connectivity index (χ1) is 17.9. The summed E-state index contributed by atoms with van der Waals surface area (Å²) in [6, 6.07) is 0. The van der Waals surface area contributed by atoms with Crippen molar-refractivity contribution in [2.45, 2.75) is 72.0 Å². The number of alkyl carbamates (subject to hydrolysis) is 2. The average molecular weight is 539 g/mol. The molecule has 0 radical (unpaired) electrons. The number of ether oxygens (including phenoxy) is 2. The molecule has 3 aliphatic rings. The maximum atomic E-state index is 13.4. The fourth-order valence-electron chi connectivity index (χ4n) is 7.67. The molecule has 0 spiro atoms. The minimum Gasteiger partial charge on any atom is -0.448 e. The van der Waals surface area contributed by atoms with Crippen molar-refractivity contribution in [3.63, 3.8) is 0 Å². The Morgan fingerprint density at radius 3 is 2.39 bits per heavy atom. The molecule has 3 rings (SSSR count). The number of nitrogens with zero attached hydrogens (tertiary/aromatic N) is 1. The number of carbonyl (C=O) groups is 3. The number of imide groups is 1. The van der Waals surface area contributed by atoms with Crippen LogP contribution in [0.1, 0.15) is 59.8 Å². The molecule has 2 bridgehead atoms. The second kappa shape index (κ2) is 12.0. The van der Waals surface area contributed by atoms with Crippen LogP contribution in [0.2, 0.25) is 0 Å². The summed E-state index contributed by atoms with van der Waals surface area (Å²) < 4.78 is 11.1. The standard InChI is InChI=1S/C28H46N2O8/c1-6-26(4)17-21(38-25(36)29-24(35)37-16-13-30(11-14-31)12-15-32)27(5)18(2)7-9-28(19(3)23(26)34)10-8-20(33)22(27)28/h6,18-19,21-23,31-32,34H,1,7-17H2,2-5H3,(H,29,35,36)/t18?,19-,21+,22-,23-,26+,27+,28-/m0/s1. The van der Waals surface area contributed by atoms with E-state index in [2.05, 4.69) is 18.8 Å². The molecule has 0 aliphatic heterocycles.